The first-order valence-electron chi connectivity index (χ1n) is 12.0. The van der Waals surface area contributed by atoms with E-state index in [0.29, 0.717) is 43.0 Å². The van der Waals surface area contributed by atoms with E-state index in [1.807, 2.05) is 41.3 Å². The monoisotopic (exact) mass is 470 g/mol. The van der Waals surface area contributed by atoms with E-state index >= 15 is 0 Å². The quantitative estimate of drug-likeness (QED) is 0.452. The molecule has 2 aliphatic rings. The summed E-state index contributed by atoms with van der Waals surface area (Å²) in [6.07, 6.45) is 3.23. The molecule has 8 heteroatoms. The van der Waals surface area contributed by atoms with E-state index in [4.69, 9.17) is 16.1 Å². The zero-order valence-corrected chi connectivity index (χ0v) is 20.2. The lowest BCUT2D eigenvalue weighted by Crippen LogP contribution is -2.50. The molecule has 1 aromatic heterocycles. The van der Waals surface area contributed by atoms with E-state index in [9.17, 15) is 9.59 Å². The predicted molar refractivity (Wildman–Crippen MR) is 139 cm³/mol. The fourth-order valence-corrected chi connectivity index (χ4v) is 5.25. The Labute approximate surface area is 204 Å². The average Bonchev–Trinajstić information content (AvgIpc) is 2.88. The molecule has 1 fully saturated rings. The van der Waals surface area contributed by atoms with Gasteiger partial charge in [0.1, 0.15) is 0 Å². The van der Waals surface area contributed by atoms with Crippen molar-refractivity contribution in [2.75, 3.05) is 50.4 Å². The van der Waals surface area contributed by atoms with Crippen LogP contribution in [-0.2, 0) is 11.2 Å². The number of nitrogens with zero attached hydrogens (tertiary/aromatic N) is 4. The largest absolute Gasteiger partial charge is 0.398 e. The second-order valence-corrected chi connectivity index (χ2v) is 9.30. The van der Waals surface area contributed by atoms with Crippen molar-refractivity contribution < 1.29 is 9.59 Å². The Kier molecular flexibility index (Phi) is 5.88. The fraction of sp³-hybridized carbons (Fsp3) is 0.333. The minimum absolute atomic E-state index is 0.0147. The first-order chi connectivity index (χ1) is 16.9. The molecule has 0 atom stereocenters. The number of fused-ring (bicyclic) bond motifs is 3. The number of rotatable bonds is 3. The molecule has 3 heterocycles. The van der Waals surface area contributed by atoms with E-state index in [1.54, 1.807) is 11.8 Å². The number of hydrogen-bond donors (Lipinski definition) is 2. The van der Waals surface area contributed by atoms with Crippen LogP contribution in [0.2, 0.25) is 0 Å². The van der Waals surface area contributed by atoms with Crippen LogP contribution in [0.15, 0.2) is 36.4 Å². The second-order valence-electron chi connectivity index (χ2n) is 9.30. The van der Waals surface area contributed by atoms with E-state index in [0.717, 1.165) is 52.8 Å². The van der Waals surface area contributed by atoms with Gasteiger partial charge in [0.2, 0.25) is 5.91 Å². The fourth-order valence-electron chi connectivity index (χ4n) is 5.25. The van der Waals surface area contributed by atoms with Gasteiger partial charge in [0.25, 0.3) is 5.91 Å². The van der Waals surface area contributed by atoms with Crippen molar-refractivity contribution in [3.8, 4) is 11.3 Å². The Morgan fingerprint density at radius 2 is 1.69 bits per heavy atom. The summed E-state index contributed by atoms with van der Waals surface area (Å²) in [7, 11) is 2.08. The van der Waals surface area contributed by atoms with Gasteiger partial charge in [0, 0.05) is 86.2 Å². The Balaban J connectivity index is 1.51. The molecule has 0 saturated carbocycles. The van der Waals surface area contributed by atoms with Gasteiger partial charge in [0.15, 0.2) is 0 Å². The summed E-state index contributed by atoms with van der Waals surface area (Å²) in [4.78, 5) is 35.4. The number of pyridine rings is 1. The van der Waals surface area contributed by atoms with Crippen LogP contribution in [0.25, 0.3) is 22.2 Å². The van der Waals surface area contributed by atoms with Crippen molar-refractivity contribution in [3.05, 3.63) is 53.1 Å². The number of hydrogen-bond acceptors (Lipinski definition) is 6. The maximum absolute atomic E-state index is 13.0. The van der Waals surface area contributed by atoms with E-state index < -0.39 is 0 Å². The lowest BCUT2D eigenvalue weighted by atomic mass is 9.91. The number of piperazine rings is 1. The molecule has 2 amide bonds. The summed E-state index contributed by atoms with van der Waals surface area (Å²) in [5, 5.41) is 8.87. The molecule has 2 aromatic carbocycles. The van der Waals surface area contributed by atoms with Crippen molar-refractivity contribution in [1.29, 1.82) is 5.41 Å². The Morgan fingerprint density at radius 3 is 2.34 bits per heavy atom. The highest BCUT2D eigenvalue weighted by atomic mass is 16.2. The molecular weight excluding hydrogens is 440 g/mol. The van der Waals surface area contributed by atoms with Crippen molar-refractivity contribution in [2.45, 2.75) is 19.8 Å². The van der Waals surface area contributed by atoms with Gasteiger partial charge in [-0.05, 0) is 37.1 Å². The number of carbonyl (C=O) groups is 2. The normalized spacial score (nSPS) is 15.8. The third-order valence-corrected chi connectivity index (χ3v) is 7.16. The second kappa shape index (κ2) is 9.02. The SMILES string of the molecule is CC(=O)N1CCN(C(=O)c2ccc(-c3nc4ccc(N)c(C=N)c4c4c3CCCN4C)cc2)CC1. The molecule has 0 aliphatic carbocycles. The molecule has 3 aromatic rings. The van der Waals surface area contributed by atoms with Gasteiger partial charge in [-0.2, -0.15) is 0 Å². The van der Waals surface area contributed by atoms with Gasteiger partial charge in [-0.25, -0.2) is 4.98 Å². The van der Waals surface area contributed by atoms with E-state index in [1.165, 1.54) is 6.21 Å². The van der Waals surface area contributed by atoms with Gasteiger partial charge in [-0.3, -0.25) is 9.59 Å². The van der Waals surface area contributed by atoms with Gasteiger partial charge >= 0.3 is 0 Å². The molecule has 35 heavy (non-hydrogen) atoms. The molecule has 0 radical (unpaired) electrons. The average molecular weight is 471 g/mol. The lowest BCUT2D eigenvalue weighted by Gasteiger charge is -2.34. The topological polar surface area (TPSA) is 107 Å². The van der Waals surface area contributed by atoms with Crippen molar-refractivity contribution in [3.63, 3.8) is 0 Å². The summed E-state index contributed by atoms with van der Waals surface area (Å²) in [5.41, 5.74) is 13.0. The number of anilines is 2. The van der Waals surface area contributed by atoms with Crippen LogP contribution in [-0.4, -0.2) is 72.6 Å². The molecule has 3 N–H and O–H groups in total. The number of nitrogen functional groups attached to an aromatic ring is 1. The number of benzene rings is 2. The maximum atomic E-state index is 13.0. The number of carbonyl (C=O) groups excluding carboxylic acids is 2. The van der Waals surface area contributed by atoms with Crippen LogP contribution in [0.1, 0.15) is 34.8 Å². The summed E-state index contributed by atoms with van der Waals surface area (Å²) in [6, 6.07) is 11.4. The first-order valence-corrected chi connectivity index (χ1v) is 12.0. The molecule has 8 nitrogen and oxygen atoms in total. The highest BCUT2D eigenvalue weighted by molar-refractivity contribution is 6.10. The first kappa shape index (κ1) is 22.8. The molecule has 0 bridgehead atoms. The Morgan fingerprint density at radius 1 is 1.00 bits per heavy atom. The van der Waals surface area contributed by atoms with Crippen LogP contribution in [0.4, 0.5) is 11.4 Å². The summed E-state index contributed by atoms with van der Waals surface area (Å²) in [5.74, 6) is 0.0350. The van der Waals surface area contributed by atoms with E-state index in [2.05, 4.69) is 11.9 Å². The predicted octanol–water partition coefficient (Wildman–Crippen LogP) is 3.17. The summed E-state index contributed by atoms with van der Waals surface area (Å²) < 4.78 is 0. The standard InChI is InChI=1S/C27H30N6O2/c1-17(34)32-12-14-33(15-13-32)27(35)19-7-5-18(6-8-19)25-20-4-3-11-31(2)26(20)24-21(16-28)22(29)9-10-23(24)30-25/h5-10,16,28H,3-4,11-15,29H2,1-2H3. The zero-order valence-electron chi connectivity index (χ0n) is 20.2. The lowest BCUT2D eigenvalue weighted by molar-refractivity contribution is -0.130. The summed E-state index contributed by atoms with van der Waals surface area (Å²) in [6.45, 7) is 4.73. The van der Waals surface area contributed by atoms with Crippen LogP contribution in [0.5, 0.6) is 0 Å². The summed E-state index contributed by atoms with van der Waals surface area (Å²) >= 11 is 0. The Bertz CT molecular complexity index is 1330. The number of nitrogens with two attached hydrogens (primary N) is 1. The highest BCUT2D eigenvalue weighted by Crippen LogP contribution is 2.41. The molecule has 0 spiro atoms. The minimum atomic E-state index is -0.0147. The highest BCUT2D eigenvalue weighted by Gasteiger charge is 2.26. The number of nitrogens with one attached hydrogen (secondary N) is 1. The number of aromatic nitrogens is 1. The van der Waals surface area contributed by atoms with Crippen LogP contribution in [0.3, 0.4) is 0 Å². The van der Waals surface area contributed by atoms with Crippen LogP contribution in [0, 0.1) is 5.41 Å². The third-order valence-electron chi connectivity index (χ3n) is 7.16. The van der Waals surface area contributed by atoms with Crippen molar-refractivity contribution >= 4 is 40.3 Å². The minimum Gasteiger partial charge on any atom is -0.398 e. The van der Waals surface area contributed by atoms with Crippen molar-refractivity contribution in [1.82, 2.24) is 14.8 Å². The van der Waals surface area contributed by atoms with E-state index in [-0.39, 0.29) is 11.8 Å². The van der Waals surface area contributed by atoms with Gasteiger partial charge < -0.3 is 25.8 Å². The maximum Gasteiger partial charge on any atom is 0.253 e. The number of amides is 2. The zero-order chi connectivity index (χ0) is 24.7. The van der Waals surface area contributed by atoms with Gasteiger partial charge in [-0.15, -0.1) is 0 Å². The molecule has 5 rings (SSSR count). The van der Waals surface area contributed by atoms with Gasteiger partial charge in [-0.1, -0.05) is 12.1 Å². The molecule has 1 saturated heterocycles. The Hall–Kier alpha value is -3.94. The van der Waals surface area contributed by atoms with Crippen molar-refractivity contribution in [2.24, 2.45) is 0 Å². The molecule has 0 unspecified atom stereocenters. The third kappa shape index (κ3) is 3.99. The molecule has 2 aliphatic heterocycles. The van der Waals surface area contributed by atoms with Gasteiger partial charge in [0.05, 0.1) is 16.9 Å². The van der Waals surface area contributed by atoms with Crippen LogP contribution >= 0.6 is 0 Å². The molecule has 180 valence electrons. The smallest absolute Gasteiger partial charge is 0.253 e. The molecular formula is C27H30N6O2. The van der Waals surface area contributed by atoms with Crippen LogP contribution < -0.4 is 10.6 Å².